The molecule has 1 saturated carbocycles. The lowest BCUT2D eigenvalue weighted by Crippen LogP contribution is -2.48. The normalized spacial score (nSPS) is 16.4. The van der Waals surface area contributed by atoms with Crippen LogP contribution in [0.2, 0.25) is 0 Å². The van der Waals surface area contributed by atoms with Gasteiger partial charge in [0, 0.05) is 42.3 Å². The molecule has 0 spiro atoms. The van der Waals surface area contributed by atoms with Crippen molar-refractivity contribution in [2.75, 3.05) is 10.2 Å². The van der Waals surface area contributed by atoms with Gasteiger partial charge in [0.2, 0.25) is 5.91 Å². The summed E-state index contributed by atoms with van der Waals surface area (Å²) in [5.74, 6) is 0.296. The van der Waals surface area contributed by atoms with Crippen molar-refractivity contribution in [1.29, 1.82) is 5.26 Å². The Balaban J connectivity index is 1.29. The Bertz CT molecular complexity index is 1500. The number of carbonyl (C=O) groups excluding carboxylic acids is 2. The van der Waals surface area contributed by atoms with E-state index in [2.05, 4.69) is 26.8 Å². The van der Waals surface area contributed by atoms with Gasteiger partial charge in [-0.25, -0.2) is 9.78 Å². The standard InChI is InChI=1S/C31H32N8O2/c32-16-23-6-15-30(34-18-23)37-26-9-13-28(14-10-26)39(31(41)35-17-22-4-2-1-3-5-22)27-11-7-24(8-12-27)25-19-36-38(20-25)21-29(33)40/h1-8,11-12,15,18-20,26,28H,9-10,13-14,17,21H2,(H2,33,40)(H,34,37)(H,35,41). The smallest absolute Gasteiger partial charge is 0.322 e. The van der Waals surface area contributed by atoms with E-state index in [0.29, 0.717) is 12.1 Å². The zero-order valence-corrected chi connectivity index (χ0v) is 22.6. The van der Waals surface area contributed by atoms with Gasteiger partial charge in [-0.3, -0.25) is 14.4 Å². The fourth-order valence-corrected chi connectivity index (χ4v) is 5.16. The molecule has 4 aromatic rings. The first-order chi connectivity index (χ1) is 20.0. The fourth-order valence-electron chi connectivity index (χ4n) is 5.16. The van der Waals surface area contributed by atoms with E-state index in [9.17, 15) is 9.59 Å². The summed E-state index contributed by atoms with van der Waals surface area (Å²) in [5.41, 5.74) is 9.45. The second-order valence-electron chi connectivity index (χ2n) is 10.1. The maximum absolute atomic E-state index is 13.6. The molecular formula is C31H32N8O2. The Kier molecular flexibility index (Phi) is 8.55. The molecule has 0 bridgehead atoms. The lowest BCUT2D eigenvalue weighted by molar-refractivity contribution is -0.118. The van der Waals surface area contributed by atoms with Crippen LogP contribution >= 0.6 is 0 Å². The quantitative estimate of drug-likeness (QED) is 0.282. The number of nitriles is 1. The van der Waals surface area contributed by atoms with Crippen LogP contribution in [0.4, 0.5) is 16.3 Å². The van der Waals surface area contributed by atoms with E-state index in [0.717, 1.165) is 53.9 Å². The Hall–Kier alpha value is -5.17. The average Bonchev–Trinajstić information content (AvgIpc) is 3.46. The summed E-state index contributed by atoms with van der Waals surface area (Å²) in [5, 5.41) is 19.8. The first-order valence-corrected chi connectivity index (χ1v) is 13.6. The highest BCUT2D eigenvalue weighted by molar-refractivity contribution is 5.93. The van der Waals surface area contributed by atoms with Crippen LogP contribution in [-0.4, -0.2) is 38.8 Å². The number of benzene rings is 2. The SMILES string of the molecule is N#Cc1ccc(NC2CCC(N(C(=O)NCc3ccccc3)c3ccc(-c4cnn(CC(N)=O)c4)cc3)CC2)nc1. The van der Waals surface area contributed by atoms with Crippen LogP contribution < -0.4 is 21.3 Å². The lowest BCUT2D eigenvalue weighted by atomic mass is 9.89. The summed E-state index contributed by atoms with van der Waals surface area (Å²) >= 11 is 0. The number of nitrogens with zero attached hydrogens (tertiary/aromatic N) is 5. The largest absolute Gasteiger partial charge is 0.368 e. The van der Waals surface area contributed by atoms with Gasteiger partial charge in [-0.1, -0.05) is 42.5 Å². The molecule has 208 valence electrons. The maximum Gasteiger partial charge on any atom is 0.322 e. The highest BCUT2D eigenvalue weighted by Crippen LogP contribution is 2.31. The molecule has 4 N–H and O–H groups in total. The second-order valence-corrected chi connectivity index (χ2v) is 10.1. The summed E-state index contributed by atoms with van der Waals surface area (Å²) in [6.07, 6.45) is 8.46. The van der Waals surface area contributed by atoms with Crippen molar-refractivity contribution in [1.82, 2.24) is 20.1 Å². The molecule has 2 aromatic heterocycles. The molecule has 0 saturated heterocycles. The number of primary amides is 1. The molecule has 0 unspecified atom stereocenters. The van der Waals surface area contributed by atoms with Gasteiger partial charge in [0.15, 0.2) is 0 Å². The third-order valence-electron chi connectivity index (χ3n) is 7.24. The topological polar surface area (TPSA) is 142 Å². The molecule has 41 heavy (non-hydrogen) atoms. The molecule has 0 aliphatic heterocycles. The van der Waals surface area contributed by atoms with Crippen LogP contribution in [0.3, 0.4) is 0 Å². The zero-order valence-electron chi connectivity index (χ0n) is 22.6. The van der Waals surface area contributed by atoms with E-state index in [1.807, 2.05) is 65.6 Å². The zero-order chi connectivity index (χ0) is 28.6. The lowest BCUT2D eigenvalue weighted by Gasteiger charge is -2.37. The van der Waals surface area contributed by atoms with Gasteiger partial charge in [-0.05, 0) is 61.1 Å². The van der Waals surface area contributed by atoms with Gasteiger partial charge < -0.3 is 16.4 Å². The highest BCUT2D eigenvalue weighted by Gasteiger charge is 2.30. The van der Waals surface area contributed by atoms with Crippen LogP contribution in [0.25, 0.3) is 11.1 Å². The van der Waals surface area contributed by atoms with Crippen molar-refractivity contribution in [2.45, 2.75) is 50.9 Å². The summed E-state index contributed by atoms with van der Waals surface area (Å²) in [6, 6.07) is 23.5. The Morgan fingerprint density at radius 2 is 1.73 bits per heavy atom. The molecule has 10 nitrogen and oxygen atoms in total. The Morgan fingerprint density at radius 1 is 0.976 bits per heavy atom. The van der Waals surface area contributed by atoms with E-state index in [-0.39, 0.29) is 24.7 Å². The van der Waals surface area contributed by atoms with E-state index < -0.39 is 5.91 Å². The van der Waals surface area contributed by atoms with Crippen LogP contribution in [-0.2, 0) is 17.9 Å². The van der Waals surface area contributed by atoms with Gasteiger partial charge >= 0.3 is 6.03 Å². The van der Waals surface area contributed by atoms with Crippen molar-refractivity contribution >= 4 is 23.4 Å². The summed E-state index contributed by atoms with van der Waals surface area (Å²) in [4.78, 5) is 31.1. The number of hydrogen-bond donors (Lipinski definition) is 3. The number of urea groups is 1. The van der Waals surface area contributed by atoms with Crippen molar-refractivity contribution in [3.63, 3.8) is 0 Å². The minimum absolute atomic E-state index is 0.0201. The van der Waals surface area contributed by atoms with Crippen molar-refractivity contribution in [3.05, 3.63) is 96.4 Å². The number of hydrogen-bond acceptors (Lipinski definition) is 6. The van der Waals surface area contributed by atoms with Crippen LogP contribution in [0, 0.1) is 11.3 Å². The molecule has 2 aromatic carbocycles. The number of nitrogens with one attached hydrogen (secondary N) is 2. The predicted octanol–water partition coefficient (Wildman–Crippen LogP) is 4.44. The van der Waals surface area contributed by atoms with Crippen molar-refractivity contribution < 1.29 is 9.59 Å². The van der Waals surface area contributed by atoms with E-state index in [1.54, 1.807) is 24.7 Å². The molecule has 1 fully saturated rings. The van der Waals surface area contributed by atoms with Gasteiger partial charge in [0.1, 0.15) is 18.4 Å². The van der Waals surface area contributed by atoms with Gasteiger partial charge in [0.05, 0.1) is 11.8 Å². The first kappa shape index (κ1) is 27.4. The molecule has 1 aliphatic rings. The highest BCUT2D eigenvalue weighted by atomic mass is 16.2. The molecule has 1 aliphatic carbocycles. The first-order valence-electron chi connectivity index (χ1n) is 13.6. The molecule has 0 atom stereocenters. The van der Waals surface area contributed by atoms with E-state index in [1.165, 1.54) is 4.68 Å². The summed E-state index contributed by atoms with van der Waals surface area (Å²) in [7, 11) is 0. The number of pyridine rings is 1. The van der Waals surface area contributed by atoms with E-state index >= 15 is 0 Å². The van der Waals surface area contributed by atoms with Crippen LogP contribution in [0.1, 0.15) is 36.8 Å². The minimum Gasteiger partial charge on any atom is -0.368 e. The van der Waals surface area contributed by atoms with Crippen molar-refractivity contribution in [3.8, 4) is 17.2 Å². The van der Waals surface area contributed by atoms with Gasteiger partial charge in [-0.2, -0.15) is 10.4 Å². The number of nitrogens with two attached hydrogens (primary N) is 1. The number of amides is 3. The maximum atomic E-state index is 13.6. The molecular weight excluding hydrogens is 516 g/mol. The average molecular weight is 549 g/mol. The summed E-state index contributed by atoms with van der Waals surface area (Å²) < 4.78 is 1.51. The van der Waals surface area contributed by atoms with Crippen molar-refractivity contribution in [2.24, 2.45) is 5.73 Å². The number of carbonyl (C=O) groups is 2. The predicted molar refractivity (Wildman–Crippen MR) is 157 cm³/mol. The number of aromatic nitrogens is 3. The summed E-state index contributed by atoms with van der Waals surface area (Å²) in [6.45, 7) is 0.459. The van der Waals surface area contributed by atoms with Gasteiger partial charge in [-0.15, -0.1) is 0 Å². The third kappa shape index (κ3) is 7.08. The molecule has 10 heteroatoms. The third-order valence-corrected chi connectivity index (χ3v) is 7.24. The van der Waals surface area contributed by atoms with Gasteiger partial charge in [0.25, 0.3) is 0 Å². The molecule has 5 rings (SSSR count). The molecule has 0 radical (unpaired) electrons. The molecule has 2 heterocycles. The Morgan fingerprint density at radius 3 is 2.39 bits per heavy atom. The minimum atomic E-state index is -0.453. The second kappa shape index (κ2) is 12.8. The number of rotatable bonds is 9. The van der Waals surface area contributed by atoms with Crippen LogP contribution in [0.5, 0.6) is 0 Å². The van der Waals surface area contributed by atoms with E-state index in [4.69, 9.17) is 11.0 Å². The van der Waals surface area contributed by atoms with Crippen LogP contribution in [0.15, 0.2) is 85.3 Å². The Labute approximate surface area is 238 Å². The molecule has 3 amide bonds. The fraction of sp³-hybridized carbons (Fsp3) is 0.258. The monoisotopic (exact) mass is 548 g/mol. The number of anilines is 2.